The highest BCUT2D eigenvalue weighted by molar-refractivity contribution is 14.1. The van der Waals surface area contributed by atoms with Crippen molar-refractivity contribution in [1.82, 2.24) is 0 Å². The zero-order valence-electron chi connectivity index (χ0n) is 6.78. The molecule has 0 aliphatic heterocycles. The third-order valence-corrected chi connectivity index (χ3v) is 2.84. The normalized spacial score (nSPS) is 14.1. The van der Waals surface area contributed by atoms with Crippen LogP contribution in [-0.2, 0) is 0 Å². The smallest absolute Gasteiger partial charge is 0.316 e. The molecule has 14 heavy (non-hydrogen) atoms. The Hall–Kier alpha value is 0.430. The maximum Gasteiger partial charge on any atom is 0.407 e. The summed E-state index contributed by atoms with van der Waals surface area (Å²) in [7, 11) is 0. The molecule has 0 saturated carbocycles. The van der Waals surface area contributed by atoms with E-state index >= 15 is 0 Å². The van der Waals surface area contributed by atoms with Gasteiger partial charge in [-0.2, -0.15) is 13.2 Å². The first-order valence-corrected chi connectivity index (χ1v) is 5.75. The van der Waals surface area contributed by atoms with Crippen LogP contribution in [0.15, 0.2) is 18.2 Å². The second-order valence-corrected chi connectivity index (χ2v) is 5.21. The summed E-state index contributed by atoms with van der Waals surface area (Å²) in [5, 5.41) is 0. The van der Waals surface area contributed by atoms with Gasteiger partial charge in [0.15, 0.2) is 0 Å². The predicted octanol–water partition coefficient (Wildman–Crippen LogP) is 3.46. The van der Waals surface area contributed by atoms with E-state index in [-0.39, 0.29) is 5.56 Å². The van der Waals surface area contributed by atoms with Crippen LogP contribution >= 0.6 is 45.2 Å². The van der Waals surface area contributed by atoms with Gasteiger partial charge < -0.3 is 5.73 Å². The van der Waals surface area contributed by atoms with Crippen molar-refractivity contribution in [2.24, 2.45) is 5.73 Å². The predicted molar refractivity (Wildman–Crippen MR) is 64.9 cm³/mol. The number of benzene rings is 1. The van der Waals surface area contributed by atoms with Crippen LogP contribution in [0.1, 0.15) is 11.6 Å². The van der Waals surface area contributed by atoms with E-state index in [0.29, 0.717) is 0 Å². The van der Waals surface area contributed by atoms with Crippen LogP contribution < -0.4 is 5.73 Å². The van der Waals surface area contributed by atoms with Crippen molar-refractivity contribution in [2.75, 3.05) is 0 Å². The lowest BCUT2D eigenvalue weighted by atomic mass is 10.1. The largest absolute Gasteiger partial charge is 0.407 e. The number of nitrogens with two attached hydrogens (primary N) is 1. The van der Waals surface area contributed by atoms with Crippen LogP contribution in [0, 0.1) is 7.14 Å². The Balaban J connectivity index is 3.07. The molecule has 0 unspecified atom stereocenters. The van der Waals surface area contributed by atoms with Crippen LogP contribution in [-0.4, -0.2) is 6.18 Å². The Kier molecular flexibility index (Phi) is 4.03. The molecule has 1 atom stereocenters. The second kappa shape index (κ2) is 4.52. The summed E-state index contributed by atoms with van der Waals surface area (Å²) < 4.78 is 38.3. The molecule has 0 aliphatic carbocycles. The number of halogens is 5. The van der Waals surface area contributed by atoms with Crippen LogP contribution in [0.25, 0.3) is 0 Å². The average Bonchev–Trinajstić information content (AvgIpc) is 1.99. The number of alkyl halides is 3. The number of rotatable bonds is 1. The zero-order valence-corrected chi connectivity index (χ0v) is 11.1. The molecule has 1 aromatic rings. The van der Waals surface area contributed by atoms with Gasteiger partial charge in [-0.25, -0.2) is 0 Å². The first-order chi connectivity index (χ1) is 6.30. The van der Waals surface area contributed by atoms with E-state index in [0.717, 1.165) is 7.14 Å². The van der Waals surface area contributed by atoms with Crippen molar-refractivity contribution >= 4 is 45.2 Å². The van der Waals surface area contributed by atoms with Gasteiger partial charge in [0.25, 0.3) is 0 Å². The van der Waals surface area contributed by atoms with Crippen molar-refractivity contribution < 1.29 is 13.2 Å². The standard InChI is InChI=1S/C8H6F3I2N/c9-8(10,11)7(14)4-1-5(12)3-6(13)2-4/h1-3,7H,14H2/t7-/m0/s1. The number of hydrogen-bond acceptors (Lipinski definition) is 1. The summed E-state index contributed by atoms with van der Waals surface area (Å²) in [6.45, 7) is 0. The van der Waals surface area contributed by atoms with Crippen LogP contribution in [0.4, 0.5) is 13.2 Å². The van der Waals surface area contributed by atoms with Gasteiger partial charge in [0.1, 0.15) is 6.04 Å². The molecule has 0 amide bonds. The van der Waals surface area contributed by atoms with Gasteiger partial charge in [0, 0.05) is 7.14 Å². The first-order valence-electron chi connectivity index (χ1n) is 3.59. The molecule has 2 N–H and O–H groups in total. The molecule has 0 heterocycles. The van der Waals surface area contributed by atoms with Gasteiger partial charge >= 0.3 is 6.18 Å². The van der Waals surface area contributed by atoms with Gasteiger partial charge in [-0.1, -0.05) is 0 Å². The Morgan fingerprint density at radius 1 is 1.07 bits per heavy atom. The lowest BCUT2D eigenvalue weighted by Gasteiger charge is -2.16. The van der Waals surface area contributed by atoms with E-state index in [1.807, 2.05) is 45.2 Å². The van der Waals surface area contributed by atoms with Crippen LogP contribution in [0.3, 0.4) is 0 Å². The molecule has 1 rings (SSSR count). The molecule has 0 bridgehead atoms. The fraction of sp³-hybridized carbons (Fsp3) is 0.250. The van der Waals surface area contributed by atoms with Crippen molar-refractivity contribution in [3.8, 4) is 0 Å². The minimum absolute atomic E-state index is 0.105. The molecule has 0 spiro atoms. The quantitative estimate of drug-likeness (QED) is 0.684. The third-order valence-electron chi connectivity index (χ3n) is 1.60. The van der Waals surface area contributed by atoms with Crippen molar-refractivity contribution in [3.63, 3.8) is 0 Å². The van der Waals surface area contributed by atoms with Gasteiger partial charge in [-0.05, 0) is 68.9 Å². The van der Waals surface area contributed by atoms with E-state index in [9.17, 15) is 13.2 Å². The molecule has 0 saturated heterocycles. The molecule has 1 aromatic carbocycles. The van der Waals surface area contributed by atoms with Crippen LogP contribution in [0.2, 0.25) is 0 Å². The minimum atomic E-state index is -4.38. The van der Waals surface area contributed by atoms with Crippen molar-refractivity contribution in [1.29, 1.82) is 0 Å². The molecule has 1 nitrogen and oxygen atoms in total. The number of hydrogen-bond donors (Lipinski definition) is 1. The van der Waals surface area contributed by atoms with Crippen molar-refractivity contribution in [2.45, 2.75) is 12.2 Å². The molecule has 0 aromatic heterocycles. The SMILES string of the molecule is N[C@@H](c1cc(I)cc(I)c1)C(F)(F)F. The first kappa shape index (κ1) is 12.5. The summed E-state index contributed by atoms with van der Waals surface area (Å²) in [5.74, 6) is 0. The van der Waals surface area contributed by atoms with Crippen molar-refractivity contribution in [3.05, 3.63) is 30.9 Å². The van der Waals surface area contributed by atoms with E-state index in [1.54, 1.807) is 6.07 Å². The minimum Gasteiger partial charge on any atom is -0.316 e. The maximum absolute atomic E-state index is 12.3. The summed E-state index contributed by atoms with van der Waals surface area (Å²) in [6, 6.07) is 2.78. The average molecular weight is 427 g/mol. The highest BCUT2D eigenvalue weighted by atomic mass is 127. The fourth-order valence-electron chi connectivity index (χ4n) is 0.944. The van der Waals surface area contributed by atoms with Gasteiger partial charge in [0.05, 0.1) is 0 Å². The molecule has 0 radical (unpaired) electrons. The molecule has 0 aliphatic rings. The molecule has 6 heteroatoms. The highest BCUT2D eigenvalue weighted by Gasteiger charge is 2.37. The second-order valence-electron chi connectivity index (χ2n) is 2.72. The highest BCUT2D eigenvalue weighted by Crippen LogP contribution is 2.31. The van der Waals surface area contributed by atoms with E-state index < -0.39 is 12.2 Å². The van der Waals surface area contributed by atoms with E-state index in [4.69, 9.17) is 5.73 Å². The maximum atomic E-state index is 12.3. The Bertz CT molecular complexity index is 318. The Labute approximate surface area is 107 Å². The van der Waals surface area contributed by atoms with E-state index in [2.05, 4.69) is 0 Å². The van der Waals surface area contributed by atoms with Crippen LogP contribution in [0.5, 0.6) is 0 Å². The lowest BCUT2D eigenvalue weighted by molar-refractivity contribution is -0.149. The molecular weight excluding hydrogens is 421 g/mol. The van der Waals surface area contributed by atoms with Gasteiger partial charge in [0.2, 0.25) is 0 Å². The summed E-state index contributed by atoms with van der Waals surface area (Å²) >= 11 is 3.93. The fourth-order valence-corrected chi connectivity index (χ4v) is 2.93. The van der Waals surface area contributed by atoms with E-state index in [1.165, 1.54) is 12.1 Å². The molecule has 78 valence electrons. The Morgan fingerprint density at radius 3 is 1.86 bits per heavy atom. The van der Waals surface area contributed by atoms with Gasteiger partial charge in [-0.3, -0.25) is 0 Å². The summed E-state index contributed by atoms with van der Waals surface area (Å²) in [5.41, 5.74) is 5.18. The Morgan fingerprint density at radius 2 is 1.50 bits per heavy atom. The van der Waals surface area contributed by atoms with Gasteiger partial charge in [-0.15, -0.1) is 0 Å². The summed E-state index contributed by atoms with van der Waals surface area (Å²) in [6.07, 6.45) is -4.38. The molecular formula is C8H6F3I2N. The topological polar surface area (TPSA) is 26.0 Å². The monoisotopic (exact) mass is 427 g/mol. The zero-order chi connectivity index (χ0) is 10.9. The lowest BCUT2D eigenvalue weighted by Crippen LogP contribution is -2.28. The summed E-state index contributed by atoms with van der Waals surface area (Å²) in [4.78, 5) is 0. The third kappa shape index (κ3) is 3.23. The molecule has 0 fully saturated rings.